The van der Waals surface area contributed by atoms with E-state index < -0.39 is 21.8 Å². The number of hydrogen-bond acceptors (Lipinski definition) is 6. The number of pyridine rings is 1. The van der Waals surface area contributed by atoms with Gasteiger partial charge in [0.25, 0.3) is 10.2 Å². The summed E-state index contributed by atoms with van der Waals surface area (Å²) < 4.78 is 36.3. The number of nitrogens with one attached hydrogen (secondary N) is 3. The highest BCUT2D eigenvalue weighted by Gasteiger charge is 2.43. The van der Waals surface area contributed by atoms with E-state index in [9.17, 15) is 13.2 Å². The number of anilines is 2. The Hall–Kier alpha value is -4.26. The molecule has 1 saturated heterocycles. The lowest BCUT2D eigenvalue weighted by atomic mass is 9.92. The monoisotopic (exact) mass is 616 g/mol. The van der Waals surface area contributed by atoms with Crippen LogP contribution in [-0.4, -0.2) is 45.7 Å². The molecule has 1 aliphatic heterocycles. The van der Waals surface area contributed by atoms with E-state index in [4.69, 9.17) is 9.84 Å². The average Bonchev–Trinajstić information content (AvgIpc) is 3.49. The topological polar surface area (TPSA) is 130 Å². The first-order valence-corrected chi connectivity index (χ1v) is 15.8. The molecule has 3 heterocycles. The second-order valence-corrected chi connectivity index (χ2v) is 13.9. The third-order valence-corrected chi connectivity index (χ3v) is 8.84. The fraction of sp³-hybridized carbons (Fsp3) is 0.312. The van der Waals surface area contributed by atoms with E-state index in [1.54, 1.807) is 35.8 Å². The number of nitrogens with zero attached hydrogens (tertiary/aromatic N) is 4. The third kappa shape index (κ3) is 7.44. The quantitative estimate of drug-likeness (QED) is 0.230. The zero-order valence-electron chi connectivity index (χ0n) is 25.5. The molecular weight excluding hydrogens is 578 g/mol. The molecule has 12 heteroatoms. The molecule has 231 valence electrons. The first kappa shape index (κ1) is 31.2. The first-order valence-electron chi connectivity index (χ1n) is 14.3. The number of rotatable bonds is 9. The maximum absolute atomic E-state index is 13.0. The normalized spacial score (nSPS) is 16.0. The highest BCUT2D eigenvalue weighted by atomic mass is 32.2. The van der Waals surface area contributed by atoms with Crippen LogP contribution < -0.4 is 20.1 Å². The van der Waals surface area contributed by atoms with Crippen molar-refractivity contribution in [3.05, 3.63) is 102 Å². The van der Waals surface area contributed by atoms with Crippen molar-refractivity contribution >= 4 is 27.7 Å². The number of hydrogen-bond donors (Lipinski definition) is 3. The van der Waals surface area contributed by atoms with Gasteiger partial charge in [-0.05, 0) is 73.5 Å². The van der Waals surface area contributed by atoms with Crippen molar-refractivity contribution in [2.45, 2.75) is 58.5 Å². The van der Waals surface area contributed by atoms with E-state index in [-0.39, 0.29) is 12.0 Å². The van der Waals surface area contributed by atoms with Gasteiger partial charge in [-0.3, -0.25) is 10.3 Å². The summed E-state index contributed by atoms with van der Waals surface area (Å²) in [5, 5.41) is 10.6. The van der Waals surface area contributed by atoms with Gasteiger partial charge in [-0.25, -0.2) is 9.48 Å². The van der Waals surface area contributed by atoms with Gasteiger partial charge < -0.3 is 10.1 Å². The number of carbonyl (C=O) groups excluding carboxylic acids is 1. The molecule has 44 heavy (non-hydrogen) atoms. The molecule has 1 aliphatic rings. The van der Waals surface area contributed by atoms with Crippen LogP contribution in [0.4, 0.5) is 16.3 Å². The van der Waals surface area contributed by atoms with E-state index in [1.165, 1.54) is 4.31 Å². The van der Waals surface area contributed by atoms with Crippen LogP contribution in [0.3, 0.4) is 0 Å². The van der Waals surface area contributed by atoms with E-state index in [0.717, 1.165) is 28.9 Å². The van der Waals surface area contributed by atoms with Crippen molar-refractivity contribution in [2.24, 2.45) is 0 Å². The predicted octanol–water partition coefficient (Wildman–Crippen LogP) is 5.42. The van der Waals surface area contributed by atoms with Gasteiger partial charge in [0, 0.05) is 48.1 Å². The van der Waals surface area contributed by atoms with Gasteiger partial charge in [0.05, 0.1) is 24.5 Å². The van der Waals surface area contributed by atoms with Gasteiger partial charge in [-0.15, -0.1) is 0 Å². The van der Waals surface area contributed by atoms with Crippen LogP contribution in [0.2, 0.25) is 0 Å². The highest BCUT2D eigenvalue weighted by molar-refractivity contribution is 7.87. The summed E-state index contributed by atoms with van der Waals surface area (Å²) >= 11 is 0. The Labute approximate surface area is 258 Å². The van der Waals surface area contributed by atoms with Gasteiger partial charge in [0.2, 0.25) is 0 Å². The molecule has 2 aromatic carbocycles. The van der Waals surface area contributed by atoms with Crippen LogP contribution in [0, 0.1) is 6.54 Å². The summed E-state index contributed by atoms with van der Waals surface area (Å²) in [7, 11) is -3.58. The molecule has 0 atom stereocenters. The van der Waals surface area contributed by atoms with Gasteiger partial charge in [0.15, 0.2) is 0 Å². The summed E-state index contributed by atoms with van der Waals surface area (Å²) in [5.74, 6) is 1.21. The fourth-order valence-corrected chi connectivity index (χ4v) is 6.20. The Kier molecular flexibility index (Phi) is 8.78. The molecule has 3 N–H and O–H groups in total. The Morgan fingerprint density at radius 2 is 1.64 bits per heavy atom. The second kappa shape index (κ2) is 12.4. The Morgan fingerprint density at radius 1 is 0.955 bits per heavy atom. The van der Waals surface area contributed by atoms with Crippen molar-refractivity contribution in [3.63, 3.8) is 0 Å². The lowest BCUT2D eigenvalue weighted by Gasteiger charge is -2.27. The van der Waals surface area contributed by atoms with Crippen molar-refractivity contribution < 1.29 is 17.9 Å². The summed E-state index contributed by atoms with van der Waals surface area (Å²) in [6.07, 6.45) is 4.29. The molecule has 1 fully saturated rings. The molecule has 5 rings (SSSR count). The fourth-order valence-electron chi connectivity index (χ4n) is 4.64. The standard InChI is InChI=1S/C32H38N7O4S/c1-31(2,3)28-20-29(36-30(40)35-25-8-12-27(13-9-25)43-19-16-23-14-17-33-18-15-23)39(37-28)26-10-6-24(7-11-26)21-38-32(4,5)22-34-44(38,41)42/h6-15,17-18,20,22,34H,16,19,21H2,1-5H3,(H2,35,36,40). The molecule has 1 radical (unpaired) electrons. The number of carbonyl (C=O) groups is 1. The molecule has 0 aliphatic carbocycles. The molecule has 4 aromatic rings. The molecule has 2 aromatic heterocycles. The maximum Gasteiger partial charge on any atom is 0.324 e. The zero-order chi connectivity index (χ0) is 31.5. The van der Waals surface area contributed by atoms with Gasteiger partial charge >= 0.3 is 6.03 Å². The van der Waals surface area contributed by atoms with Crippen LogP contribution in [0.25, 0.3) is 5.69 Å². The minimum absolute atomic E-state index is 0.216. The lowest BCUT2D eigenvalue weighted by Crippen LogP contribution is -2.40. The van der Waals surface area contributed by atoms with E-state index in [2.05, 4.69) is 41.1 Å². The van der Waals surface area contributed by atoms with Crippen LogP contribution >= 0.6 is 0 Å². The molecule has 0 saturated carbocycles. The Bertz CT molecular complexity index is 1700. The second-order valence-electron chi connectivity index (χ2n) is 12.2. The van der Waals surface area contributed by atoms with Gasteiger partial charge in [-0.1, -0.05) is 32.9 Å². The number of amides is 2. The smallest absolute Gasteiger partial charge is 0.324 e. The largest absolute Gasteiger partial charge is 0.493 e. The first-order chi connectivity index (χ1) is 20.8. The average molecular weight is 617 g/mol. The number of benzene rings is 2. The highest BCUT2D eigenvalue weighted by Crippen LogP contribution is 2.30. The molecule has 0 bridgehead atoms. The SMILES string of the molecule is CC(C)(C)c1cc(NC(=O)Nc2ccc(OCCc3ccncc3)cc2)n(-c2ccc(CN3C(C)(C)[CH]NS3(=O)=O)cc2)n1. The Balaban J connectivity index is 1.25. The number of aromatic nitrogens is 3. The molecule has 11 nitrogen and oxygen atoms in total. The number of ether oxygens (including phenoxy) is 1. The summed E-state index contributed by atoms with van der Waals surface area (Å²) in [5.41, 5.74) is 3.20. The molecule has 0 spiro atoms. The van der Waals surface area contributed by atoms with Crippen LogP contribution in [-0.2, 0) is 28.6 Å². The van der Waals surface area contributed by atoms with Crippen molar-refractivity contribution in [1.29, 1.82) is 0 Å². The summed E-state index contributed by atoms with van der Waals surface area (Å²) in [6.45, 7) is 12.2. The summed E-state index contributed by atoms with van der Waals surface area (Å²) in [6, 6.07) is 20.0. The van der Waals surface area contributed by atoms with E-state index in [0.29, 0.717) is 23.9 Å². The zero-order valence-corrected chi connectivity index (χ0v) is 26.4. The predicted molar refractivity (Wildman–Crippen MR) is 171 cm³/mol. The third-order valence-electron chi connectivity index (χ3n) is 7.24. The molecule has 0 unspecified atom stereocenters. The molecule has 2 amide bonds. The van der Waals surface area contributed by atoms with Gasteiger partial charge in [-0.2, -0.15) is 22.5 Å². The lowest BCUT2D eigenvalue weighted by molar-refractivity contribution is 0.262. The number of urea groups is 1. The maximum atomic E-state index is 13.0. The van der Waals surface area contributed by atoms with Crippen molar-refractivity contribution in [2.75, 3.05) is 17.2 Å². The van der Waals surface area contributed by atoms with E-state index in [1.807, 2.05) is 68.4 Å². The van der Waals surface area contributed by atoms with Gasteiger partial charge in [0.1, 0.15) is 11.6 Å². The minimum atomic E-state index is -3.58. The van der Waals surface area contributed by atoms with Crippen LogP contribution in [0.15, 0.2) is 79.1 Å². The Morgan fingerprint density at radius 3 is 2.25 bits per heavy atom. The van der Waals surface area contributed by atoms with Crippen LogP contribution in [0.5, 0.6) is 5.75 Å². The molecular formula is C32H38N7O4S. The van der Waals surface area contributed by atoms with Crippen LogP contribution in [0.1, 0.15) is 51.4 Å². The van der Waals surface area contributed by atoms with E-state index >= 15 is 0 Å². The van der Waals surface area contributed by atoms with Crippen molar-refractivity contribution in [1.82, 2.24) is 23.8 Å². The van der Waals surface area contributed by atoms with Crippen molar-refractivity contribution in [3.8, 4) is 11.4 Å². The summed E-state index contributed by atoms with van der Waals surface area (Å²) in [4.78, 5) is 17.1. The minimum Gasteiger partial charge on any atom is -0.493 e.